The van der Waals surface area contributed by atoms with Crippen LogP contribution in [0, 0.1) is 0 Å². The molecule has 0 saturated carbocycles. The van der Waals surface area contributed by atoms with Crippen molar-refractivity contribution < 1.29 is 28.3 Å². The number of benzene rings is 2. The summed E-state index contributed by atoms with van der Waals surface area (Å²) in [6, 6.07) is 12.3. The van der Waals surface area contributed by atoms with Crippen molar-refractivity contribution in [1.29, 1.82) is 0 Å². The predicted molar refractivity (Wildman–Crippen MR) is 76.4 cm³/mol. The molecule has 1 unspecified atom stereocenters. The van der Waals surface area contributed by atoms with Crippen LogP contribution in [0.15, 0.2) is 48.5 Å². The first-order valence-corrected chi connectivity index (χ1v) is 7.58. The highest BCUT2D eigenvalue weighted by Crippen LogP contribution is 2.44. The second kappa shape index (κ2) is 6.63. The van der Waals surface area contributed by atoms with Crippen LogP contribution in [0.1, 0.15) is 5.56 Å². The second-order valence-electron chi connectivity index (χ2n) is 4.13. The van der Waals surface area contributed by atoms with Gasteiger partial charge < -0.3 is 18.9 Å². The highest BCUT2D eigenvalue weighted by atomic mass is 31.2. The Morgan fingerprint density at radius 2 is 1.33 bits per heavy atom. The summed E-state index contributed by atoms with van der Waals surface area (Å²) in [6.07, 6.45) is 0. The summed E-state index contributed by atoms with van der Waals surface area (Å²) in [5, 5.41) is 8.92. The lowest BCUT2D eigenvalue weighted by atomic mass is 10.2. The van der Waals surface area contributed by atoms with E-state index in [0.29, 0.717) is 11.3 Å². The van der Waals surface area contributed by atoms with Crippen LogP contribution in [0.2, 0.25) is 0 Å². The van der Waals surface area contributed by atoms with E-state index in [0.717, 1.165) is 0 Å². The summed E-state index contributed by atoms with van der Waals surface area (Å²) in [5.41, 5.74) is 0.672. The monoisotopic (exact) mass is 310 g/mol. The van der Waals surface area contributed by atoms with Gasteiger partial charge in [0.1, 0.15) is 17.2 Å². The van der Waals surface area contributed by atoms with Gasteiger partial charge in [-0.15, -0.1) is 0 Å². The molecule has 2 aromatic carbocycles. The Balaban J connectivity index is 2.04. The zero-order valence-electron chi connectivity index (χ0n) is 11.3. The number of phosphoric acid groups is 1. The quantitative estimate of drug-likeness (QED) is 0.798. The molecule has 0 bridgehead atoms. The van der Waals surface area contributed by atoms with Crippen LogP contribution in [0.5, 0.6) is 17.2 Å². The van der Waals surface area contributed by atoms with Gasteiger partial charge in [0.05, 0.1) is 13.7 Å². The predicted octanol–water partition coefficient (Wildman–Crippen LogP) is 2.75. The molecule has 7 heteroatoms. The molecule has 0 aliphatic rings. The topological polar surface area (TPSA) is 85.2 Å². The maximum Gasteiger partial charge on any atom is 0.584 e. The molecule has 0 aliphatic carbocycles. The first-order valence-electron chi connectivity index (χ1n) is 6.08. The number of rotatable bonds is 6. The molecule has 0 saturated heterocycles. The normalized spacial score (nSPS) is 13.3. The van der Waals surface area contributed by atoms with Gasteiger partial charge in [0, 0.05) is 0 Å². The molecule has 112 valence electrons. The molecular formula is C14H15O6P. The van der Waals surface area contributed by atoms with Crippen LogP contribution in [0.25, 0.3) is 0 Å². The van der Waals surface area contributed by atoms with Gasteiger partial charge in [-0.3, -0.25) is 4.89 Å². The van der Waals surface area contributed by atoms with Gasteiger partial charge in [0.15, 0.2) is 0 Å². The van der Waals surface area contributed by atoms with Crippen LogP contribution >= 0.6 is 7.82 Å². The van der Waals surface area contributed by atoms with Gasteiger partial charge in [0.2, 0.25) is 0 Å². The molecule has 0 aromatic heterocycles. The van der Waals surface area contributed by atoms with Crippen molar-refractivity contribution in [2.75, 3.05) is 7.11 Å². The second-order valence-corrected chi connectivity index (χ2v) is 5.43. The van der Waals surface area contributed by atoms with E-state index in [9.17, 15) is 9.46 Å². The smallest absolute Gasteiger partial charge is 0.497 e. The Kier molecular flexibility index (Phi) is 4.85. The Hall–Kier alpha value is -2.01. The fourth-order valence-corrected chi connectivity index (χ4v) is 2.39. The number of methoxy groups -OCH3 is 1. The molecule has 0 heterocycles. The molecule has 0 aliphatic heterocycles. The van der Waals surface area contributed by atoms with E-state index >= 15 is 0 Å². The molecule has 21 heavy (non-hydrogen) atoms. The summed E-state index contributed by atoms with van der Waals surface area (Å²) < 4.78 is 26.8. The van der Waals surface area contributed by atoms with Gasteiger partial charge in [0.25, 0.3) is 0 Å². The zero-order valence-corrected chi connectivity index (χ0v) is 12.2. The van der Waals surface area contributed by atoms with Crippen molar-refractivity contribution in [3.05, 3.63) is 54.1 Å². The fourth-order valence-electron chi connectivity index (χ4n) is 1.58. The summed E-state index contributed by atoms with van der Waals surface area (Å²) in [7, 11) is -2.77. The van der Waals surface area contributed by atoms with Crippen LogP contribution in [-0.4, -0.2) is 17.1 Å². The Labute approximate surface area is 122 Å². The maximum atomic E-state index is 11.9. The number of ether oxygens (including phenoxy) is 1. The van der Waals surface area contributed by atoms with Crippen LogP contribution in [0.4, 0.5) is 0 Å². The van der Waals surface area contributed by atoms with E-state index in [4.69, 9.17) is 18.9 Å². The van der Waals surface area contributed by atoms with Crippen molar-refractivity contribution in [2.24, 2.45) is 0 Å². The van der Waals surface area contributed by atoms with Gasteiger partial charge in [-0.25, -0.2) is 4.57 Å². The standard InChI is InChI=1S/C14H15O6P/c1-18-12-6-8-14(9-7-12)20-21(16,17)19-13-4-2-11(10-15)3-5-13/h2-9,15H,10H2,1H3,(H,16,17). The Bertz CT molecular complexity index is 569. The zero-order chi connectivity index (χ0) is 15.3. The first kappa shape index (κ1) is 15.4. The molecule has 2 N–H and O–H groups in total. The van der Waals surface area contributed by atoms with E-state index in [1.54, 1.807) is 24.3 Å². The minimum atomic E-state index is -4.29. The van der Waals surface area contributed by atoms with Crippen molar-refractivity contribution in [3.63, 3.8) is 0 Å². The van der Waals surface area contributed by atoms with Gasteiger partial charge in [-0.2, -0.15) is 0 Å². The molecular weight excluding hydrogens is 295 g/mol. The minimum absolute atomic E-state index is 0.112. The minimum Gasteiger partial charge on any atom is -0.497 e. The molecule has 0 amide bonds. The summed E-state index contributed by atoms with van der Waals surface area (Å²) in [4.78, 5) is 9.70. The molecule has 0 fully saturated rings. The third kappa shape index (κ3) is 4.49. The van der Waals surface area contributed by atoms with Crippen molar-refractivity contribution in [3.8, 4) is 17.2 Å². The van der Waals surface area contributed by atoms with E-state index in [1.807, 2.05) is 0 Å². The Morgan fingerprint density at radius 1 is 0.905 bits per heavy atom. The lowest BCUT2D eigenvalue weighted by Crippen LogP contribution is -2.00. The highest BCUT2D eigenvalue weighted by molar-refractivity contribution is 7.48. The molecule has 2 rings (SSSR count). The SMILES string of the molecule is COc1ccc(OP(=O)(O)Oc2ccc(CO)cc2)cc1. The van der Waals surface area contributed by atoms with Crippen LogP contribution < -0.4 is 13.8 Å². The first-order chi connectivity index (χ1) is 10.0. The van der Waals surface area contributed by atoms with Gasteiger partial charge in [-0.05, 0) is 42.0 Å². The van der Waals surface area contributed by atoms with Gasteiger partial charge in [-0.1, -0.05) is 12.1 Å². The molecule has 0 radical (unpaired) electrons. The van der Waals surface area contributed by atoms with Crippen molar-refractivity contribution in [1.82, 2.24) is 0 Å². The summed E-state index contributed by atoms with van der Waals surface area (Å²) in [5.74, 6) is 0.968. The lowest BCUT2D eigenvalue weighted by Gasteiger charge is -2.14. The number of aliphatic hydroxyl groups excluding tert-OH is 1. The average Bonchev–Trinajstić information content (AvgIpc) is 2.48. The fraction of sp³-hybridized carbons (Fsp3) is 0.143. The lowest BCUT2D eigenvalue weighted by molar-refractivity contribution is 0.281. The third-order valence-electron chi connectivity index (χ3n) is 2.61. The molecule has 0 spiro atoms. The van der Waals surface area contributed by atoms with E-state index < -0.39 is 7.82 Å². The average molecular weight is 310 g/mol. The summed E-state index contributed by atoms with van der Waals surface area (Å²) in [6.45, 7) is -0.112. The van der Waals surface area contributed by atoms with Crippen molar-refractivity contribution >= 4 is 7.82 Å². The molecule has 2 aromatic rings. The van der Waals surface area contributed by atoms with E-state index in [-0.39, 0.29) is 18.1 Å². The number of phosphoric ester groups is 1. The number of hydrogen-bond acceptors (Lipinski definition) is 5. The van der Waals surface area contributed by atoms with Gasteiger partial charge >= 0.3 is 7.82 Å². The van der Waals surface area contributed by atoms with E-state index in [2.05, 4.69) is 0 Å². The van der Waals surface area contributed by atoms with Crippen LogP contribution in [-0.2, 0) is 11.2 Å². The van der Waals surface area contributed by atoms with Crippen molar-refractivity contribution in [2.45, 2.75) is 6.61 Å². The maximum absolute atomic E-state index is 11.9. The highest BCUT2D eigenvalue weighted by Gasteiger charge is 2.25. The number of hydrogen-bond donors (Lipinski definition) is 2. The Morgan fingerprint density at radius 3 is 1.76 bits per heavy atom. The van der Waals surface area contributed by atoms with Crippen LogP contribution in [0.3, 0.4) is 0 Å². The number of aliphatic hydroxyl groups is 1. The van der Waals surface area contributed by atoms with E-state index in [1.165, 1.54) is 31.4 Å². The third-order valence-corrected chi connectivity index (χ3v) is 3.49. The molecule has 1 atom stereocenters. The largest absolute Gasteiger partial charge is 0.584 e. The summed E-state index contributed by atoms with van der Waals surface area (Å²) >= 11 is 0. The molecule has 6 nitrogen and oxygen atoms in total.